The molecule has 0 bridgehead atoms. The largest absolute Gasteiger partial charge is 0.258 e. The Kier molecular flexibility index (Phi) is 3.15. The molecule has 0 radical (unpaired) electrons. The van der Waals surface area contributed by atoms with Gasteiger partial charge >= 0.3 is 0 Å². The number of hydrogen-bond acceptors (Lipinski definition) is 4. The van der Waals surface area contributed by atoms with Crippen LogP contribution in [0.1, 0.15) is 0 Å². The third kappa shape index (κ3) is 2.43. The van der Waals surface area contributed by atoms with E-state index in [0.29, 0.717) is 21.6 Å². The van der Waals surface area contributed by atoms with Crippen molar-refractivity contribution >= 4 is 23.2 Å². The van der Waals surface area contributed by atoms with Crippen molar-refractivity contribution < 1.29 is 0 Å². The quantitative estimate of drug-likeness (QED) is 0.787. The lowest BCUT2D eigenvalue weighted by Gasteiger charge is -2.03. The molecule has 1 aromatic carbocycles. The van der Waals surface area contributed by atoms with Gasteiger partial charge in [-0.05, 0) is 18.2 Å². The summed E-state index contributed by atoms with van der Waals surface area (Å²) in [5.41, 5.74) is 2.26. The van der Waals surface area contributed by atoms with E-state index in [1.54, 1.807) is 18.2 Å². The average molecular weight is 292 g/mol. The Morgan fingerprint density at radius 1 is 0.842 bits per heavy atom. The van der Waals surface area contributed by atoms with E-state index >= 15 is 0 Å². The maximum absolute atomic E-state index is 6.00. The second-order valence-electron chi connectivity index (χ2n) is 3.75. The molecule has 0 amide bonds. The molecule has 0 aliphatic heterocycles. The number of benzene rings is 1. The number of H-pyrrole nitrogens is 1. The first-order chi connectivity index (χ1) is 9.24. The molecule has 19 heavy (non-hydrogen) atoms. The molecule has 0 unspecified atom stereocenters. The summed E-state index contributed by atoms with van der Waals surface area (Å²) in [5.74, 6) is 0.587. The third-order valence-corrected chi connectivity index (χ3v) is 3.28. The maximum Gasteiger partial charge on any atom is 0.174 e. The monoisotopic (exact) mass is 291 g/mol. The van der Waals surface area contributed by atoms with Crippen molar-refractivity contribution in [2.45, 2.75) is 0 Å². The van der Waals surface area contributed by atoms with Gasteiger partial charge in [0.1, 0.15) is 18.3 Å². The molecule has 0 aliphatic rings. The lowest BCUT2D eigenvalue weighted by molar-refractivity contribution is 1.08. The van der Waals surface area contributed by atoms with Crippen LogP contribution in [0.4, 0.5) is 0 Å². The summed E-state index contributed by atoms with van der Waals surface area (Å²) in [6, 6.07) is 7.15. The Bertz CT molecular complexity index is 712. The van der Waals surface area contributed by atoms with Gasteiger partial charge in [0.2, 0.25) is 0 Å². The maximum atomic E-state index is 6.00. The highest BCUT2D eigenvalue weighted by molar-refractivity contribution is 6.42. The summed E-state index contributed by atoms with van der Waals surface area (Å²) in [4.78, 5) is 12.4. The first-order valence-electron chi connectivity index (χ1n) is 5.37. The van der Waals surface area contributed by atoms with Gasteiger partial charge < -0.3 is 0 Å². The van der Waals surface area contributed by atoms with Crippen LogP contribution in [0.15, 0.2) is 36.9 Å². The fourth-order valence-corrected chi connectivity index (χ4v) is 1.93. The molecule has 2 heterocycles. The van der Waals surface area contributed by atoms with E-state index in [1.165, 1.54) is 12.7 Å². The topological polar surface area (TPSA) is 67.3 Å². The van der Waals surface area contributed by atoms with E-state index in [2.05, 4.69) is 25.1 Å². The van der Waals surface area contributed by atoms with Crippen LogP contribution >= 0.6 is 23.2 Å². The highest BCUT2D eigenvalue weighted by Gasteiger charge is 2.07. The molecule has 1 N–H and O–H groups in total. The van der Waals surface area contributed by atoms with Crippen molar-refractivity contribution in [2.24, 2.45) is 0 Å². The SMILES string of the molecule is Clc1ccc(-c2cc(-c3ncn[nH]3)ncn2)cc1Cl. The zero-order valence-electron chi connectivity index (χ0n) is 9.51. The minimum atomic E-state index is 0.485. The standard InChI is InChI=1S/C12H7Cl2N5/c13-8-2-1-7(3-9(8)14)10-4-11(16-5-15-10)12-17-6-18-19-12/h1-6H,(H,17,18,19). The fraction of sp³-hybridized carbons (Fsp3) is 0. The van der Waals surface area contributed by atoms with Gasteiger partial charge in [-0.15, -0.1) is 0 Å². The van der Waals surface area contributed by atoms with Crippen LogP contribution in [0, 0.1) is 0 Å². The van der Waals surface area contributed by atoms with Crippen LogP contribution in [-0.2, 0) is 0 Å². The Morgan fingerprint density at radius 3 is 2.42 bits per heavy atom. The summed E-state index contributed by atoms with van der Waals surface area (Å²) in [6.07, 6.45) is 2.89. The highest BCUT2D eigenvalue weighted by Crippen LogP contribution is 2.28. The number of rotatable bonds is 2. The van der Waals surface area contributed by atoms with E-state index in [0.717, 1.165) is 11.3 Å². The van der Waals surface area contributed by atoms with Crippen molar-refractivity contribution in [1.82, 2.24) is 25.1 Å². The summed E-state index contributed by atoms with van der Waals surface area (Å²) < 4.78 is 0. The molecule has 94 valence electrons. The lowest BCUT2D eigenvalue weighted by atomic mass is 10.1. The highest BCUT2D eigenvalue weighted by atomic mass is 35.5. The van der Waals surface area contributed by atoms with Gasteiger partial charge in [-0.3, -0.25) is 5.10 Å². The van der Waals surface area contributed by atoms with E-state index < -0.39 is 0 Å². The number of aromatic amines is 1. The van der Waals surface area contributed by atoms with Crippen LogP contribution in [-0.4, -0.2) is 25.1 Å². The number of nitrogens with one attached hydrogen (secondary N) is 1. The van der Waals surface area contributed by atoms with E-state index in [4.69, 9.17) is 23.2 Å². The second kappa shape index (κ2) is 4.95. The molecule has 0 atom stereocenters. The van der Waals surface area contributed by atoms with E-state index in [-0.39, 0.29) is 0 Å². The average Bonchev–Trinajstić information content (AvgIpc) is 2.96. The minimum Gasteiger partial charge on any atom is -0.258 e. The van der Waals surface area contributed by atoms with Gasteiger partial charge in [0, 0.05) is 5.56 Å². The molecular formula is C12H7Cl2N5. The molecular weight excluding hydrogens is 285 g/mol. The molecule has 0 spiro atoms. The fourth-order valence-electron chi connectivity index (χ4n) is 1.63. The zero-order valence-corrected chi connectivity index (χ0v) is 11.0. The van der Waals surface area contributed by atoms with Crippen molar-refractivity contribution in [2.75, 3.05) is 0 Å². The lowest BCUT2D eigenvalue weighted by Crippen LogP contribution is -1.91. The molecule has 2 aromatic heterocycles. The van der Waals surface area contributed by atoms with Crippen molar-refractivity contribution in [3.05, 3.63) is 47.0 Å². The van der Waals surface area contributed by atoms with Crippen molar-refractivity contribution in [3.8, 4) is 22.8 Å². The first-order valence-corrected chi connectivity index (χ1v) is 6.13. The van der Waals surface area contributed by atoms with Gasteiger partial charge in [0.05, 0.1) is 15.7 Å². The minimum absolute atomic E-state index is 0.485. The Morgan fingerprint density at radius 2 is 1.68 bits per heavy atom. The molecule has 3 rings (SSSR count). The Labute approximate surface area is 118 Å². The molecule has 3 aromatic rings. The normalized spacial score (nSPS) is 10.6. The molecule has 0 saturated carbocycles. The first kappa shape index (κ1) is 12.1. The predicted octanol–water partition coefficient (Wildman–Crippen LogP) is 3.24. The Balaban J connectivity index is 2.06. The van der Waals surface area contributed by atoms with Crippen LogP contribution < -0.4 is 0 Å². The summed E-state index contributed by atoms with van der Waals surface area (Å²) in [7, 11) is 0. The Hall–Kier alpha value is -1.98. The van der Waals surface area contributed by atoms with Gasteiger partial charge in [0.15, 0.2) is 5.82 Å². The summed E-state index contributed by atoms with van der Waals surface area (Å²) in [6.45, 7) is 0. The van der Waals surface area contributed by atoms with Crippen LogP contribution in [0.2, 0.25) is 10.0 Å². The smallest absolute Gasteiger partial charge is 0.174 e. The van der Waals surface area contributed by atoms with Crippen molar-refractivity contribution in [3.63, 3.8) is 0 Å². The second-order valence-corrected chi connectivity index (χ2v) is 4.57. The van der Waals surface area contributed by atoms with Gasteiger partial charge in [-0.1, -0.05) is 29.3 Å². The van der Waals surface area contributed by atoms with E-state index in [9.17, 15) is 0 Å². The summed E-state index contributed by atoms with van der Waals surface area (Å²) >= 11 is 11.9. The number of halogens is 2. The van der Waals surface area contributed by atoms with Crippen LogP contribution in [0.25, 0.3) is 22.8 Å². The molecule has 0 fully saturated rings. The molecule has 5 nitrogen and oxygen atoms in total. The molecule has 0 saturated heterocycles. The van der Waals surface area contributed by atoms with E-state index in [1.807, 2.05) is 6.07 Å². The molecule has 7 heteroatoms. The van der Waals surface area contributed by atoms with Crippen LogP contribution in [0.5, 0.6) is 0 Å². The number of hydrogen-bond donors (Lipinski definition) is 1. The van der Waals surface area contributed by atoms with Crippen molar-refractivity contribution in [1.29, 1.82) is 0 Å². The number of aromatic nitrogens is 5. The van der Waals surface area contributed by atoms with Gasteiger partial charge in [-0.25, -0.2) is 15.0 Å². The van der Waals surface area contributed by atoms with Crippen LogP contribution in [0.3, 0.4) is 0 Å². The zero-order chi connectivity index (χ0) is 13.2. The third-order valence-electron chi connectivity index (χ3n) is 2.54. The molecule has 0 aliphatic carbocycles. The van der Waals surface area contributed by atoms with Gasteiger partial charge in [0.25, 0.3) is 0 Å². The summed E-state index contributed by atoms with van der Waals surface area (Å²) in [5, 5.41) is 7.54. The number of nitrogens with zero attached hydrogens (tertiary/aromatic N) is 4. The van der Waals surface area contributed by atoms with Gasteiger partial charge in [-0.2, -0.15) is 5.10 Å². The predicted molar refractivity (Wildman–Crippen MR) is 72.9 cm³/mol.